The number of halogens is 4. The van der Waals surface area contributed by atoms with E-state index < -0.39 is 16.7 Å². The molecule has 10 nitrogen and oxygen atoms in total. The van der Waals surface area contributed by atoms with Gasteiger partial charge in [-0.1, -0.05) is 23.4 Å². The quantitative estimate of drug-likeness (QED) is 0.141. The highest BCUT2D eigenvalue weighted by Crippen LogP contribution is 2.38. The Kier molecular flexibility index (Phi) is 11.9. The minimum Gasteiger partial charge on any atom is -0.487 e. The fourth-order valence-corrected chi connectivity index (χ4v) is 3.45. The number of hydrogen-bond acceptors (Lipinski definition) is 10. The van der Waals surface area contributed by atoms with Crippen molar-refractivity contribution in [3.05, 3.63) is 57.1 Å². The van der Waals surface area contributed by atoms with Crippen molar-refractivity contribution in [3.8, 4) is 17.2 Å². The Bertz CT molecular complexity index is 1270. The number of hydrogen-bond donors (Lipinski definition) is 2. The van der Waals surface area contributed by atoms with E-state index in [-0.39, 0.29) is 34.6 Å². The Balaban J connectivity index is 0.000000306. The molecule has 0 saturated carbocycles. The lowest BCUT2D eigenvalue weighted by Crippen LogP contribution is -2.15. The fraction of sp³-hybridized carbons (Fsp3) is 0.375. The molecule has 0 amide bonds. The molecular weight excluding hydrogens is 561 g/mol. The molecule has 1 aromatic heterocycles. The number of aromatic nitrogens is 3. The summed E-state index contributed by atoms with van der Waals surface area (Å²) in [6, 6.07) is 6.72. The average molecular weight is 589 g/mol. The van der Waals surface area contributed by atoms with E-state index >= 15 is 0 Å². The SMILES string of the molecule is CCNc1nc(NC(C)C)nc(SC)n1.CCOc1cc(Oc2ccc(C(F)(F)F)cc2Cl)ccc1[N+](=O)[O-]. The third-order valence-corrected chi connectivity index (χ3v) is 5.31. The summed E-state index contributed by atoms with van der Waals surface area (Å²) in [4.78, 5) is 23.1. The van der Waals surface area contributed by atoms with E-state index in [1.807, 2.05) is 13.2 Å². The molecule has 0 radical (unpaired) electrons. The predicted molar refractivity (Wildman–Crippen MR) is 145 cm³/mol. The van der Waals surface area contributed by atoms with Crippen molar-refractivity contribution in [2.75, 3.05) is 30.0 Å². The molecule has 3 rings (SSSR count). The highest BCUT2D eigenvalue weighted by atomic mass is 35.5. The van der Waals surface area contributed by atoms with Gasteiger partial charge in [-0.2, -0.15) is 28.1 Å². The van der Waals surface area contributed by atoms with Crippen LogP contribution in [0.5, 0.6) is 17.2 Å². The van der Waals surface area contributed by atoms with Crippen molar-refractivity contribution in [1.29, 1.82) is 0 Å². The number of benzene rings is 2. The molecular formula is C24H28ClF3N6O4S. The van der Waals surface area contributed by atoms with Crippen LogP contribution in [0.25, 0.3) is 0 Å². The fourth-order valence-electron chi connectivity index (χ4n) is 2.87. The maximum atomic E-state index is 12.6. The maximum Gasteiger partial charge on any atom is 0.416 e. The third kappa shape index (κ3) is 9.94. The van der Waals surface area contributed by atoms with Gasteiger partial charge < -0.3 is 20.1 Å². The Labute approximate surface area is 232 Å². The topological polar surface area (TPSA) is 124 Å². The van der Waals surface area contributed by atoms with E-state index in [2.05, 4.69) is 39.4 Å². The Morgan fingerprint density at radius 2 is 1.77 bits per heavy atom. The summed E-state index contributed by atoms with van der Waals surface area (Å²) in [5.74, 6) is 1.37. The zero-order chi connectivity index (χ0) is 29.2. The van der Waals surface area contributed by atoms with Crippen LogP contribution in [-0.2, 0) is 6.18 Å². The highest BCUT2D eigenvalue weighted by molar-refractivity contribution is 7.98. The number of nitrogens with zero attached hydrogens (tertiary/aromatic N) is 4. The molecule has 0 aliphatic heterocycles. The number of alkyl halides is 3. The molecule has 0 bridgehead atoms. The molecule has 2 N–H and O–H groups in total. The lowest BCUT2D eigenvalue weighted by atomic mass is 10.2. The van der Waals surface area contributed by atoms with Gasteiger partial charge in [0.05, 0.1) is 22.1 Å². The molecule has 0 unspecified atom stereocenters. The second-order valence-electron chi connectivity index (χ2n) is 7.86. The van der Waals surface area contributed by atoms with Crippen LogP contribution in [0.4, 0.5) is 30.8 Å². The normalized spacial score (nSPS) is 10.9. The smallest absolute Gasteiger partial charge is 0.416 e. The highest BCUT2D eigenvalue weighted by Gasteiger charge is 2.31. The lowest BCUT2D eigenvalue weighted by Gasteiger charge is -2.12. The van der Waals surface area contributed by atoms with Crippen molar-refractivity contribution < 1.29 is 27.6 Å². The zero-order valence-corrected chi connectivity index (χ0v) is 23.4. The van der Waals surface area contributed by atoms with Crippen LogP contribution in [0.2, 0.25) is 5.02 Å². The van der Waals surface area contributed by atoms with E-state index in [0.717, 1.165) is 29.9 Å². The van der Waals surface area contributed by atoms with Crippen molar-refractivity contribution in [1.82, 2.24) is 15.0 Å². The Morgan fingerprint density at radius 1 is 1.08 bits per heavy atom. The number of thioether (sulfide) groups is 1. The number of nitrogens with one attached hydrogen (secondary N) is 2. The van der Waals surface area contributed by atoms with Gasteiger partial charge in [0.25, 0.3) is 0 Å². The van der Waals surface area contributed by atoms with E-state index in [1.165, 1.54) is 30.0 Å². The summed E-state index contributed by atoms with van der Waals surface area (Å²) in [6.07, 6.45) is -2.57. The van der Waals surface area contributed by atoms with Crippen molar-refractivity contribution in [3.63, 3.8) is 0 Å². The summed E-state index contributed by atoms with van der Waals surface area (Å²) < 4.78 is 48.4. The second kappa shape index (κ2) is 14.6. The molecule has 0 saturated heterocycles. The van der Waals surface area contributed by atoms with Gasteiger partial charge in [0.15, 0.2) is 5.16 Å². The first-order valence-corrected chi connectivity index (χ1v) is 13.2. The maximum absolute atomic E-state index is 12.6. The van der Waals surface area contributed by atoms with E-state index in [0.29, 0.717) is 17.9 Å². The van der Waals surface area contributed by atoms with Crippen LogP contribution in [-0.4, -0.2) is 45.3 Å². The van der Waals surface area contributed by atoms with Crippen molar-refractivity contribution in [2.45, 2.75) is 45.1 Å². The Hall–Kier alpha value is -3.52. The molecule has 2 aromatic carbocycles. The first-order chi connectivity index (χ1) is 18.4. The summed E-state index contributed by atoms with van der Waals surface area (Å²) in [6.45, 7) is 8.78. The molecule has 0 aliphatic carbocycles. The van der Waals surface area contributed by atoms with Crippen LogP contribution in [0, 0.1) is 10.1 Å². The van der Waals surface area contributed by atoms with Gasteiger partial charge in [0, 0.05) is 24.7 Å². The second-order valence-corrected chi connectivity index (χ2v) is 9.04. The summed E-state index contributed by atoms with van der Waals surface area (Å²) >= 11 is 7.31. The summed E-state index contributed by atoms with van der Waals surface area (Å²) in [7, 11) is 0. The van der Waals surface area contributed by atoms with Crippen molar-refractivity contribution in [2.24, 2.45) is 0 Å². The number of anilines is 2. The Morgan fingerprint density at radius 3 is 2.31 bits per heavy atom. The van der Waals surface area contributed by atoms with E-state index in [1.54, 1.807) is 6.92 Å². The number of nitro groups is 1. The monoisotopic (exact) mass is 588 g/mol. The zero-order valence-electron chi connectivity index (χ0n) is 21.8. The summed E-state index contributed by atoms with van der Waals surface area (Å²) in [5.41, 5.74) is -1.15. The molecule has 212 valence electrons. The average Bonchev–Trinajstić information content (AvgIpc) is 2.85. The number of ether oxygens (including phenoxy) is 2. The molecule has 1 heterocycles. The number of nitro benzene ring substituents is 1. The first kappa shape index (κ1) is 31.7. The number of rotatable bonds is 10. The largest absolute Gasteiger partial charge is 0.487 e. The van der Waals surface area contributed by atoms with Gasteiger partial charge in [0.1, 0.15) is 11.5 Å². The van der Waals surface area contributed by atoms with Gasteiger partial charge in [-0.15, -0.1) is 0 Å². The van der Waals surface area contributed by atoms with E-state index in [9.17, 15) is 23.3 Å². The van der Waals surface area contributed by atoms with Crippen LogP contribution in [0.15, 0.2) is 41.6 Å². The molecule has 3 aromatic rings. The summed E-state index contributed by atoms with van der Waals surface area (Å²) in [5, 5.41) is 17.6. The van der Waals surface area contributed by atoms with Crippen LogP contribution >= 0.6 is 23.4 Å². The first-order valence-electron chi connectivity index (χ1n) is 11.6. The van der Waals surface area contributed by atoms with Gasteiger partial charge >= 0.3 is 11.9 Å². The molecule has 0 atom stereocenters. The van der Waals surface area contributed by atoms with Gasteiger partial charge in [-0.3, -0.25) is 10.1 Å². The van der Waals surface area contributed by atoms with Gasteiger partial charge in [-0.25, -0.2) is 0 Å². The molecule has 39 heavy (non-hydrogen) atoms. The third-order valence-electron chi connectivity index (χ3n) is 4.46. The molecule has 0 aliphatic rings. The van der Waals surface area contributed by atoms with Gasteiger partial charge in [0.2, 0.25) is 17.6 Å². The standard InChI is InChI=1S/C15H11ClF3NO4.C9H17N5S/c1-2-23-14-8-10(4-5-12(14)20(21)22)24-13-6-3-9(7-11(13)16)15(17,18)19;1-5-10-7-12-8(11-6(2)3)14-9(13-7)15-4/h3-8H,2H2,1H3;6H,5H2,1-4H3,(H2,10,11,12,13,14). The predicted octanol–water partition coefficient (Wildman–Crippen LogP) is 7.30. The lowest BCUT2D eigenvalue weighted by molar-refractivity contribution is -0.385. The molecule has 0 fully saturated rings. The van der Waals surface area contributed by atoms with Crippen LogP contribution < -0.4 is 20.1 Å². The van der Waals surface area contributed by atoms with Gasteiger partial charge in [-0.05, 0) is 58.2 Å². The van der Waals surface area contributed by atoms with E-state index in [4.69, 9.17) is 21.1 Å². The molecule has 0 spiro atoms. The van der Waals surface area contributed by atoms with Crippen molar-refractivity contribution >= 4 is 40.9 Å². The molecule has 15 heteroatoms. The minimum atomic E-state index is -4.52. The minimum absolute atomic E-state index is 0.0111. The van der Waals surface area contributed by atoms with Crippen LogP contribution in [0.1, 0.15) is 33.3 Å². The van der Waals surface area contributed by atoms with Crippen LogP contribution in [0.3, 0.4) is 0 Å².